The lowest BCUT2D eigenvalue weighted by molar-refractivity contribution is 0.727. The minimum Gasteiger partial charge on any atom is -0.164 e. The molecule has 0 fully saturated rings. The molecule has 16 rings (SSSR count). The Labute approximate surface area is 728 Å². The molecule has 0 aliphatic rings. The first kappa shape index (κ1) is 82.8. The van der Waals surface area contributed by atoms with Gasteiger partial charge in [0.05, 0.1) is 21.7 Å². The highest BCUT2D eigenvalue weighted by atomic mass is 32.3. The Bertz CT molecular complexity index is 6060. The summed E-state index contributed by atoms with van der Waals surface area (Å²) in [5.74, 6) is 1.33. The van der Waals surface area contributed by atoms with Crippen molar-refractivity contribution >= 4 is 10.0 Å². The van der Waals surface area contributed by atoms with Crippen LogP contribution in [0.4, 0.5) is 0 Å². The van der Waals surface area contributed by atoms with Gasteiger partial charge in [0.15, 0.2) is 0 Å². The van der Waals surface area contributed by atoms with E-state index in [2.05, 4.69) is 514 Å². The summed E-state index contributed by atoms with van der Waals surface area (Å²) in [6.07, 6.45) is 11.4. The SMILES string of the molecule is CC=CC=CS(CC=CC(C)C)(c1ccc(C)cc1)c1ccc(C(c2ccc(C)cc2)(c2ccc(C)cc2)c2ccc(C(c3ccc(C)cc3)(c3ccc(C)cc3)c3ccc(-c4ccc(C(c5ccc(C)cc5)(c5ccc(C)cc5)c5ccc(-c6ccc(C(c7ccc(C)cc7)(c7ccc(C)cc7)c7ccc(C)cc7)cc6)cc5)cc4)cc3)cc2)cc1. The van der Waals surface area contributed by atoms with Crippen molar-refractivity contribution in [3.05, 3.63) is 569 Å². The number of aryl methyl sites for hydroxylation is 10. The van der Waals surface area contributed by atoms with Gasteiger partial charge in [-0.3, -0.25) is 0 Å². The Balaban J connectivity index is 0.804. The van der Waals surface area contributed by atoms with Crippen molar-refractivity contribution in [1.29, 1.82) is 0 Å². The van der Waals surface area contributed by atoms with Gasteiger partial charge in [0.25, 0.3) is 0 Å². The average Bonchev–Trinajstić information content (AvgIpc) is 0.701. The van der Waals surface area contributed by atoms with Gasteiger partial charge in [0.2, 0.25) is 0 Å². The van der Waals surface area contributed by atoms with Crippen LogP contribution in [0.15, 0.2) is 434 Å². The highest BCUT2D eigenvalue weighted by molar-refractivity contribution is 8.36. The Morgan fingerprint density at radius 2 is 0.352 bits per heavy atom. The lowest BCUT2D eigenvalue weighted by Gasteiger charge is -2.40. The van der Waals surface area contributed by atoms with Gasteiger partial charge in [-0.05, 0) is 233 Å². The molecule has 602 valence electrons. The predicted molar refractivity (Wildman–Crippen MR) is 521 cm³/mol. The van der Waals surface area contributed by atoms with Gasteiger partial charge in [-0.1, -0.05) is 464 Å². The first-order chi connectivity index (χ1) is 59.2. The molecule has 122 heavy (non-hydrogen) atoms. The van der Waals surface area contributed by atoms with Crippen molar-refractivity contribution in [2.75, 3.05) is 5.75 Å². The molecule has 0 bridgehead atoms. The maximum absolute atomic E-state index is 2.50. The number of benzene rings is 16. The van der Waals surface area contributed by atoms with E-state index in [1.54, 1.807) is 0 Å². The topological polar surface area (TPSA) is 0 Å². The van der Waals surface area contributed by atoms with Crippen molar-refractivity contribution in [3.8, 4) is 22.3 Å². The standard InChI is InChI=1S/C121H112S/c1-14-15-16-83-122(84-17-18-85(2)3,116-79-37-95(13)38-80-116)117-81-77-115(78-82-117)121(107-61-33-93(11)34-62-107,108-63-35-94(12)36-64-108)114-75-73-113(74-76-114)120(105-57-29-91(9)30-58-105,106-59-31-92(10)32-60-106)112-71-45-99(46-72-112)98-43-69-111(70-44-98)119(103-53-25-89(7)26-54-103,104-55-27-90(8)28-56-104)110-67-41-97(42-68-110)96-39-65-109(66-40-96)118(100-47-19-86(4)20-48-100,101-49-21-87(5)22-50-101)102-51-23-88(6)24-52-102/h14-83,85H,84H2,1-13H3. The molecule has 0 amide bonds. The van der Waals surface area contributed by atoms with Crippen LogP contribution in [0.5, 0.6) is 0 Å². The Hall–Kier alpha value is -12.9. The Morgan fingerprint density at radius 1 is 0.205 bits per heavy atom. The molecule has 0 N–H and O–H groups in total. The van der Waals surface area contributed by atoms with Crippen LogP contribution in [0.25, 0.3) is 22.3 Å². The molecule has 0 aliphatic carbocycles. The van der Waals surface area contributed by atoms with Crippen molar-refractivity contribution in [1.82, 2.24) is 0 Å². The molecule has 0 nitrogen and oxygen atoms in total. The largest absolute Gasteiger partial charge is 0.164 e. The zero-order chi connectivity index (χ0) is 84.8. The monoisotopic (exact) mass is 1600 g/mol. The molecular weight excluding hydrogens is 1490 g/mol. The van der Waals surface area contributed by atoms with E-state index >= 15 is 0 Å². The number of allylic oxidation sites excluding steroid dienone is 4. The third-order valence-electron chi connectivity index (χ3n) is 25.7. The molecule has 1 atom stereocenters. The summed E-state index contributed by atoms with van der Waals surface area (Å²) in [6.45, 7) is 28.5. The van der Waals surface area contributed by atoms with Gasteiger partial charge >= 0.3 is 0 Å². The van der Waals surface area contributed by atoms with E-state index in [-0.39, 0.29) is 0 Å². The van der Waals surface area contributed by atoms with Gasteiger partial charge in [0.1, 0.15) is 0 Å². The van der Waals surface area contributed by atoms with Crippen molar-refractivity contribution in [3.63, 3.8) is 0 Å². The highest BCUT2D eigenvalue weighted by Crippen LogP contribution is 2.65. The van der Waals surface area contributed by atoms with Crippen molar-refractivity contribution < 1.29 is 0 Å². The lowest BCUT2D eigenvalue weighted by Crippen LogP contribution is -2.33. The summed E-state index contributed by atoms with van der Waals surface area (Å²) in [4.78, 5) is 2.67. The maximum atomic E-state index is 2.50. The Kier molecular flexibility index (Phi) is 24.0. The molecule has 0 spiro atoms. The third kappa shape index (κ3) is 15.8. The molecule has 0 saturated carbocycles. The zero-order valence-electron chi connectivity index (χ0n) is 73.1. The minimum absolute atomic E-state index is 0.437. The van der Waals surface area contributed by atoms with Gasteiger partial charge in [-0.15, -0.1) is 0 Å². The normalized spacial score (nSPS) is 13.0. The second-order valence-corrected chi connectivity index (χ2v) is 37.6. The van der Waals surface area contributed by atoms with E-state index in [1.165, 1.54) is 154 Å². The second kappa shape index (κ2) is 35.4. The third-order valence-corrected chi connectivity index (χ3v) is 29.3. The molecule has 0 heterocycles. The van der Waals surface area contributed by atoms with Crippen molar-refractivity contribution in [2.24, 2.45) is 5.92 Å². The van der Waals surface area contributed by atoms with Crippen LogP contribution < -0.4 is 0 Å². The summed E-state index contributed by atoms with van der Waals surface area (Å²) in [7, 11) is -1.72. The lowest BCUT2D eigenvalue weighted by atomic mass is 9.62. The molecule has 0 radical (unpaired) electrons. The highest BCUT2D eigenvalue weighted by Gasteiger charge is 2.44. The number of rotatable bonds is 25. The Morgan fingerprint density at radius 3 is 0.525 bits per heavy atom. The summed E-state index contributed by atoms with van der Waals surface area (Å²) < 4.78 is 0. The van der Waals surface area contributed by atoms with Crippen LogP contribution >= 0.6 is 10.0 Å². The first-order valence-electron chi connectivity index (χ1n) is 43.4. The molecule has 1 heteroatoms. The van der Waals surface area contributed by atoms with Crippen LogP contribution in [-0.2, 0) is 21.7 Å². The van der Waals surface area contributed by atoms with Gasteiger partial charge < -0.3 is 0 Å². The van der Waals surface area contributed by atoms with Gasteiger partial charge in [0, 0.05) is 5.75 Å². The summed E-state index contributed by atoms with van der Waals surface area (Å²) in [6, 6.07) is 150. The second-order valence-electron chi connectivity index (χ2n) is 34.5. The summed E-state index contributed by atoms with van der Waals surface area (Å²) in [5.41, 5.74) is 33.5. The van der Waals surface area contributed by atoms with E-state index in [1.807, 2.05) is 0 Å². The molecule has 16 aromatic rings. The fourth-order valence-corrected chi connectivity index (χ4v) is 22.0. The van der Waals surface area contributed by atoms with Crippen LogP contribution in [0.3, 0.4) is 0 Å². The number of hydrogen-bond donors (Lipinski definition) is 0. The molecular formula is C121H112S. The summed E-state index contributed by atoms with van der Waals surface area (Å²) >= 11 is 0. The summed E-state index contributed by atoms with van der Waals surface area (Å²) in [5, 5.41) is 2.50. The molecule has 0 aliphatic heterocycles. The van der Waals surface area contributed by atoms with Crippen molar-refractivity contribution in [2.45, 2.75) is 121 Å². The number of hydrogen-bond acceptors (Lipinski definition) is 0. The van der Waals surface area contributed by atoms with Crippen LogP contribution in [0, 0.1) is 75.2 Å². The van der Waals surface area contributed by atoms with E-state index in [4.69, 9.17) is 0 Å². The fraction of sp³-hybridized carbons (Fsp3) is 0.157. The molecule has 1 unspecified atom stereocenters. The molecule has 16 aromatic carbocycles. The van der Waals surface area contributed by atoms with Crippen LogP contribution in [0.2, 0.25) is 0 Å². The van der Waals surface area contributed by atoms with E-state index in [9.17, 15) is 0 Å². The first-order valence-corrected chi connectivity index (χ1v) is 45.2. The molecule has 0 aromatic heterocycles. The average molecular weight is 1600 g/mol. The maximum Gasteiger partial charge on any atom is 0.0701 e. The van der Waals surface area contributed by atoms with E-state index < -0.39 is 31.7 Å². The quantitative estimate of drug-likeness (QED) is 0.0304. The van der Waals surface area contributed by atoms with Gasteiger partial charge in [-0.2, -0.15) is 10.0 Å². The van der Waals surface area contributed by atoms with E-state index in [0.29, 0.717) is 5.92 Å². The van der Waals surface area contributed by atoms with Gasteiger partial charge in [-0.25, -0.2) is 0 Å². The van der Waals surface area contributed by atoms with Crippen LogP contribution in [0.1, 0.15) is 165 Å². The predicted octanol–water partition coefficient (Wildman–Crippen LogP) is 31.2. The minimum atomic E-state index is -1.72. The smallest absolute Gasteiger partial charge is 0.0701 e. The van der Waals surface area contributed by atoms with Crippen LogP contribution in [-0.4, -0.2) is 5.75 Å². The fourth-order valence-electron chi connectivity index (χ4n) is 18.9. The zero-order valence-corrected chi connectivity index (χ0v) is 73.9. The molecule has 0 saturated heterocycles. The van der Waals surface area contributed by atoms with E-state index in [0.717, 1.165) is 28.0 Å².